The van der Waals surface area contributed by atoms with Gasteiger partial charge in [0.2, 0.25) is 0 Å². The Morgan fingerprint density at radius 3 is 2.62 bits per heavy atom. The van der Waals surface area contributed by atoms with Gasteiger partial charge in [-0.2, -0.15) is 0 Å². The Balaban J connectivity index is 2.09. The molecule has 3 rings (SSSR count). The van der Waals surface area contributed by atoms with Crippen LogP contribution in [0.4, 0.5) is 0 Å². The first-order valence-corrected chi connectivity index (χ1v) is 6.38. The molecule has 1 unspecified atom stereocenters. The second-order valence-corrected chi connectivity index (χ2v) is 5.54. The van der Waals surface area contributed by atoms with E-state index in [0.717, 1.165) is 0 Å². The Bertz CT molecular complexity index is 518. The fourth-order valence-corrected chi connectivity index (χ4v) is 3.61. The first-order chi connectivity index (χ1) is 7.75. The van der Waals surface area contributed by atoms with E-state index in [1.165, 1.54) is 27.2 Å². The number of benzene rings is 1. The molecule has 0 spiro atoms. The maximum absolute atomic E-state index is 3.49. The van der Waals surface area contributed by atoms with E-state index in [4.69, 9.17) is 0 Å². The zero-order valence-electron chi connectivity index (χ0n) is 9.45. The highest BCUT2D eigenvalue weighted by Crippen LogP contribution is 2.49. The van der Waals surface area contributed by atoms with Crippen molar-refractivity contribution in [2.45, 2.75) is 19.1 Å². The zero-order chi connectivity index (χ0) is 11.1. The molecule has 1 atom stereocenters. The molecule has 1 aromatic rings. The van der Waals surface area contributed by atoms with E-state index in [9.17, 15) is 0 Å². The van der Waals surface area contributed by atoms with E-state index in [0.29, 0.717) is 5.25 Å². The van der Waals surface area contributed by atoms with E-state index in [-0.39, 0.29) is 0 Å². The van der Waals surface area contributed by atoms with Crippen LogP contribution in [0.1, 0.15) is 19.4 Å². The largest absolute Gasteiger partial charge is 0.117 e. The molecule has 0 saturated carbocycles. The summed E-state index contributed by atoms with van der Waals surface area (Å²) >= 11 is 1.92. The molecule has 79 valence electrons. The van der Waals surface area contributed by atoms with Crippen molar-refractivity contribution in [3.05, 3.63) is 64.1 Å². The Hall–Kier alpha value is -1.21. The molecule has 1 aromatic carbocycles. The normalized spacial score (nSPS) is 23.2. The smallest absolute Gasteiger partial charge is 0.0603 e. The predicted octanol–water partition coefficient (Wildman–Crippen LogP) is 4.22. The van der Waals surface area contributed by atoms with Crippen LogP contribution in [-0.2, 0) is 0 Å². The molecule has 2 aliphatic rings. The summed E-state index contributed by atoms with van der Waals surface area (Å²) in [6, 6.07) is 10.7. The number of allylic oxidation sites excluding steroid dienone is 4. The Kier molecular flexibility index (Phi) is 2.29. The number of thioether (sulfide) groups is 1. The van der Waals surface area contributed by atoms with Crippen LogP contribution in [-0.4, -0.2) is 5.25 Å². The summed E-state index contributed by atoms with van der Waals surface area (Å²) < 4.78 is 0. The first-order valence-electron chi connectivity index (χ1n) is 5.51. The van der Waals surface area contributed by atoms with Crippen molar-refractivity contribution < 1.29 is 0 Å². The molecule has 16 heavy (non-hydrogen) atoms. The molecule has 1 heterocycles. The van der Waals surface area contributed by atoms with E-state index in [1.807, 2.05) is 11.8 Å². The van der Waals surface area contributed by atoms with Gasteiger partial charge in [0.1, 0.15) is 0 Å². The summed E-state index contributed by atoms with van der Waals surface area (Å²) in [5, 5.41) is 0.440. The molecular formula is C15H13S. The molecule has 0 amide bonds. The molecular weight excluding hydrogens is 212 g/mol. The third-order valence-electron chi connectivity index (χ3n) is 3.01. The Labute approximate surface area is 101 Å². The van der Waals surface area contributed by atoms with Crippen LogP contribution in [0.3, 0.4) is 0 Å². The van der Waals surface area contributed by atoms with Gasteiger partial charge >= 0.3 is 0 Å². The quantitative estimate of drug-likeness (QED) is 0.689. The average molecular weight is 225 g/mol. The van der Waals surface area contributed by atoms with Gasteiger partial charge in [-0.3, -0.25) is 0 Å². The monoisotopic (exact) mass is 225 g/mol. The summed E-state index contributed by atoms with van der Waals surface area (Å²) in [5.41, 5.74) is 5.46. The van der Waals surface area contributed by atoms with Gasteiger partial charge in [0.05, 0.1) is 5.25 Å². The number of rotatable bonds is 1. The minimum absolute atomic E-state index is 0.440. The van der Waals surface area contributed by atoms with Crippen LogP contribution in [0.25, 0.3) is 5.57 Å². The maximum Gasteiger partial charge on any atom is 0.0603 e. The van der Waals surface area contributed by atoms with Crippen molar-refractivity contribution in [3.8, 4) is 0 Å². The van der Waals surface area contributed by atoms with Crippen molar-refractivity contribution in [3.63, 3.8) is 0 Å². The Morgan fingerprint density at radius 2 is 1.88 bits per heavy atom. The molecule has 0 saturated heterocycles. The van der Waals surface area contributed by atoms with Gasteiger partial charge in [0, 0.05) is 0 Å². The molecule has 1 heteroatoms. The third kappa shape index (κ3) is 1.47. The molecule has 0 bridgehead atoms. The highest BCUT2D eigenvalue weighted by molar-refractivity contribution is 8.04. The number of hydrogen-bond donors (Lipinski definition) is 0. The molecule has 1 radical (unpaired) electrons. The summed E-state index contributed by atoms with van der Waals surface area (Å²) in [7, 11) is 0. The average Bonchev–Trinajstić information content (AvgIpc) is 2.74. The van der Waals surface area contributed by atoms with Crippen LogP contribution in [0.15, 0.2) is 52.5 Å². The second kappa shape index (κ2) is 3.67. The molecule has 0 nitrogen and oxygen atoms in total. The van der Waals surface area contributed by atoms with Gasteiger partial charge in [-0.1, -0.05) is 36.4 Å². The van der Waals surface area contributed by atoms with Gasteiger partial charge in [0.15, 0.2) is 0 Å². The maximum atomic E-state index is 3.49. The molecule has 0 fully saturated rings. The SMILES string of the molecule is CC1=[C]C2SC(C)=C(c3ccccc3)C2=C1. The predicted molar refractivity (Wildman–Crippen MR) is 70.9 cm³/mol. The topological polar surface area (TPSA) is 0 Å². The minimum Gasteiger partial charge on any atom is -0.117 e. The summed E-state index contributed by atoms with van der Waals surface area (Å²) in [6.07, 6.45) is 5.77. The van der Waals surface area contributed by atoms with Gasteiger partial charge in [-0.05, 0) is 47.1 Å². The summed E-state index contributed by atoms with van der Waals surface area (Å²) in [6.45, 7) is 4.34. The molecule has 0 N–H and O–H groups in total. The number of fused-ring (bicyclic) bond motifs is 1. The van der Waals surface area contributed by atoms with Crippen LogP contribution in [0, 0.1) is 6.08 Å². The van der Waals surface area contributed by atoms with Gasteiger partial charge in [-0.15, -0.1) is 11.8 Å². The lowest BCUT2D eigenvalue weighted by Crippen LogP contribution is -1.95. The lowest BCUT2D eigenvalue weighted by molar-refractivity contribution is 1.33. The van der Waals surface area contributed by atoms with Crippen LogP contribution < -0.4 is 0 Å². The summed E-state index contributed by atoms with van der Waals surface area (Å²) in [4.78, 5) is 1.42. The van der Waals surface area contributed by atoms with E-state index >= 15 is 0 Å². The zero-order valence-corrected chi connectivity index (χ0v) is 10.3. The third-order valence-corrected chi connectivity index (χ3v) is 4.18. The van der Waals surface area contributed by atoms with E-state index in [2.05, 4.69) is 56.3 Å². The fraction of sp³-hybridized carbons (Fsp3) is 0.200. The van der Waals surface area contributed by atoms with Crippen molar-refractivity contribution in [2.75, 3.05) is 0 Å². The highest BCUT2D eigenvalue weighted by atomic mass is 32.2. The fourth-order valence-electron chi connectivity index (χ4n) is 2.35. The highest BCUT2D eigenvalue weighted by Gasteiger charge is 2.30. The summed E-state index contributed by atoms with van der Waals surface area (Å²) in [5.74, 6) is 0. The lowest BCUT2D eigenvalue weighted by Gasteiger charge is -2.06. The van der Waals surface area contributed by atoms with Crippen LogP contribution in [0.5, 0.6) is 0 Å². The lowest BCUT2D eigenvalue weighted by atomic mass is 9.97. The van der Waals surface area contributed by atoms with Crippen molar-refractivity contribution >= 4 is 17.3 Å². The van der Waals surface area contributed by atoms with Crippen molar-refractivity contribution in [2.24, 2.45) is 0 Å². The van der Waals surface area contributed by atoms with Crippen LogP contribution in [0.2, 0.25) is 0 Å². The minimum atomic E-state index is 0.440. The van der Waals surface area contributed by atoms with Crippen molar-refractivity contribution in [1.29, 1.82) is 0 Å². The Morgan fingerprint density at radius 1 is 1.12 bits per heavy atom. The molecule has 1 aliphatic carbocycles. The molecule has 1 aliphatic heterocycles. The first kappa shape index (κ1) is 9.98. The molecule has 0 aromatic heterocycles. The second-order valence-electron chi connectivity index (χ2n) is 4.22. The van der Waals surface area contributed by atoms with E-state index in [1.54, 1.807) is 0 Å². The van der Waals surface area contributed by atoms with E-state index < -0.39 is 0 Å². The number of hydrogen-bond acceptors (Lipinski definition) is 1. The van der Waals surface area contributed by atoms with Gasteiger partial charge in [-0.25, -0.2) is 0 Å². The van der Waals surface area contributed by atoms with Crippen molar-refractivity contribution in [1.82, 2.24) is 0 Å². The van der Waals surface area contributed by atoms with Gasteiger partial charge in [0.25, 0.3) is 0 Å². The van der Waals surface area contributed by atoms with Gasteiger partial charge < -0.3 is 0 Å². The van der Waals surface area contributed by atoms with Crippen LogP contribution >= 0.6 is 11.8 Å². The standard InChI is InChI=1S/C15H13S/c1-10-8-13-14(9-10)16-11(2)15(13)12-6-4-3-5-7-12/h3-8,14H,1-2H3.